The van der Waals surface area contributed by atoms with Crippen LogP contribution in [0.15, 0.2) is 59.1 Å². The number of halogens is 1. The Balaban J connectivity index is 1.67. The van der Waals surface area contributed by atoms with Gasteiger partial charge in [0.15, 0.2) is 0 Å². The SMILES string of the molecule is O=C(C1CCN(c2cccc(Br)c2)C1=O)N(CCO)CCc1ccccc1. The molecule has 1 unspecified atom stereocenters. The summed E-state index contributed by atoms with van der Waals surface area (Å²) in [5, 5.41) is 9.36. The molecule has 1 aliphatic rings. The van der Waals surface area contributed by atoms with Gasteiger partial charge in [-0.1, -0.05) is 52.3 Å². The molecular formula is C21H23BrN2O3. The Labute approximate surface area is 167 Å². The number of hydrogen-bond acceptors (Lipinski definition) is 3. The van der Waals surface area contributed by atoms with E-state index >= 15 is 0 Å². The lowest BCUT2D eigenvalue weighted by Gasteiger charge is -2.25. The molecule has 27 heavy (non-hydrogen) atoms. The van der Waals surface area contributed by atoms with Crippen molar-refractivity contribution in [2.45, 2.75) is 12.8 Å². The van der Waals surface area contributed by atoms with Crippen LogP contribution in [0.25, 0.3) is 0 Å². The van der Waals surface area contributed by atoms with Crippen LogP contribution in [0.3, 0.4) is 0 Å². The van der Waals surface area contributed by atoms with Gasteiger partial charge in [0.25, 0.3) is 0 Å². The highest BCUT2D eigenvalue weighted by Gasteiger charge is 2.39. The summed E-state index contributed by atoms with van der Waals surface area (Å²) in [5.74, 6) is -1.03. The van der Waals surface area contributed by atoms with Crippen molar-refractivity contribution in [3.8, 4) is 0 Å². The van der Waals surface area contributed by atoms with Crippen molar-refractivity contribution >= 4 is 33.4 Å². The Morgan fingerprint density at radius 3 is 2.63 bits per heavy atom. The molecule has 0 radical (unpaired) electrons. The van der Waals surface area contributed by atoms with Crippen molar-refractivity contribution < 1.29 is 14.7 Å². The molecule has 6 heteroatoms. The third kappa shape index (κ3) is 4.76. The zero-order chi connectivity index (χ0) is 19.2. The van der Waals surface area contributed by atoms with Crippen LogP contribution in [0.1, 0.15) is 12.0 Å². The first-order chi connectivity index (χ1) is 13.1. The zero-order valence-electron chi connectivity index (χ0n) is 15.1. The summed E-state index contributed by atoms with van der Waals surface area (Å²) < 4.78 is 0.896. The van der Waals surface area contributed by atoms with Gasteiger partial charge in [-0.3, -0.25) is 9.59 Å². The van der Waals surface area contributed by atoms with E-state index < -0.39 is 5.92 Å². The number of carbonyl (C=O) groups is 2. The number of nitrogens with zero attached hydrogens (tertiary/aromatic N) is 2. The van der Waals surface area contributed by atoms with Crippen molar-refractivity contribution in [2.75, 3.05) is 31.1 Å². The molecule has 142 valence electrons. The predicted octanol–water partition coefficient (Wildman–Crippen LogP) is 2.87. The van der Waals surface area contributed by atoms with Gasteiger partial charge in [0.05, 0.1) is 6.61 Å². The Kier molecular flexibility index (Phi) is 6.63. The second-order valence-corrected chi connectivity index (χ2v) is 7.51. The van der Waals surface area contributed by atoms with Crippen molar-refractivity contribution in [2.24, 2.45) is 5.92 Å². The Morgan fingerprint density at radius 2 is 1.93 bits per heavy atom. The molecule has 0 bridgehead atoms. The summed E-state index contributed by atoms with van der Waals surface area (Å²) in [6.45, 7) is 1.14. The third-order valence-electron chi connectivity index (χ3n) is 4.82. The fourth-order valence-electron chi connectivity index (χ4n) is 3.39. The van der Waals surface area contributed by atoms with Crippen LogP contribution < -0.4 is 4.90 Å². The molecule has 1 aliphatic heterocycles. The molecule has 0 saturated carbocycles. The highest BCUT2D eigenvalue weighted by atomic mass is 79.9. The van der Waals surface area contributed by atoms with Gasteiger partial charge in [0.2, 0.25) is 11.8 Å². The predicted molar refractivity (Wildman–Crippen MR) is 108 cm³/mol. The van der Waals surface area contributed by atoms with Crippen LogP contribution in [0, 0.1) is 5.92 Å². The van der Waals surface area contributed by atoms with Crippen LogP contribution in [0.4, 0.5) is 5.69 Å². The lowest BCUT2D eigenvalue weighted by atomic mass is 10.1. The number of hydrogen-bond donors (Lipinski definition) is 1. The van der Waals surface area contributed by atoms with E-state index in [2.05, 4.69) is 15.9 Å². The molecule has 0 aliphatic carbocycles. The molecule has 0 spiro atoms. The average Bonchev–Trinajstić information content (AvgIpc) is 3.07. The van der Waals surface area contributed by atoms with Gasteiger partial charge >= 0.3 is 0 Å². The second kappa shape index (κ2) is 9.15. The van der Waals surface area contributed by atoms with Crippen LogP contribution in [-0.4, -0.2) is 48.1 Å². The maximum atomic E-state index is 13.0. The molecule has 1 atom stereocenters. The van der Waals surface area contributed by atoms with E-state index in [0.29, 0.717) is 25.9 Å². The van der Waals surface area contributed by atoms with Crippen molar-refractivity contribution in [3.05, 3.63) is 64.6 Å². The van der Waals surface area contributed by atoms with E-state index in [1.165, 1.54) is 0 Å². The van der Waals surface area contributed by atoms with E-state index in [1.54, 1.807) is 9.80 Å². The van der Waals surface area contributed by atoms with Gasteiger partial charge in [-0.2, -0.15) is 0 Å². The number of benzene rings is 2. The first kappa shape index (κ1) is 19.6. The van der Waals surface area contributed by atoms with E-state index in [9.17, 15) is 14.7 Å². The Hall–Kier alpha value is -2.18. The third-order valence-corrected chi connectivity index (χ3v) is 5.31. The number of carbonyl (C=O) groups excluding carboxylic acids is 2. The molecular weight excluding hydrogens is 408 g/mol. The fraction of sp³-hybridized carbons (Fsp3) is 0.333. The normalized spacial score (nSPS) is 16.6. The summed E-state index contributed by atoms with van der Waals surface area (Å²) in [5.41, 5.74) is 1.92. The lowest BCUT2D eigenvalue weighted by molar-refractivity contribution is -0.140. The van der Waals surface area contributed by atoms with Crippen LogP contribution in [0.2, 0.25) is 0 Å². The van der Waals surface area contributed by atoms with E-state index in [-0.39, 0.29) is 25.0 Å². The molecule has 0 aromatic heterocycles. The minimum absolute atomic E-state index is 0.114. The highest BCUT2D eigenvalue weighted by molar-refractivity contribution is 9.10. The van der Waals surface area contributed by atoms with Gasteiger partial charge < -0.3 is 14.9 Å². The van der Waals surface area contributed by atoms with E-state index in [0.717, 1.165) is 15.7 Å². The largest absolute Gasteiger partial charge is 0.395 e. The van der Waals surface area contributed by atoms with Gasteiger partial charge in [-0.15, -0.1) is 0 Å². The van der Waals surface area contributed by atoms with Crippen molar-refractivity contribution in [1.82, 2.24) is 4.90 Å². The summed E-state index contributed by atoms with van der Waals surface area (Å²) in [7, 11) is 0. The topological polar surface area (TPSA) is 60.9 Å². The highest BCUT2D eigenvalue weighted by Crippen LogP contribution is 2.28. The van der Waals surface area contributed by atoms with Gasteiger partial charge in [0, 0.05) is 29.8 Å². The average molecular weight is 431 g/mol. The van der Waals surface area contributed by atoms with E-state index in [1.807, 2.05) is 54.6 Å². The lowest BCUT2D eigenvalue weighted by Crippen LogP contribution is -2.42. The Morgan fingerprint density at radius 1 is 1.15 bits per heavy atom. The van der Waals surface area contributed by atoms with Crippen LogP contribution in [0.5, 0.6) is 0 Å². The Bertz CT molecular complexity index is 797. The number of amides is 2. The molecule has 2 amide bonds. The maximum Gasteiger partial charge on any atom is 0.239 e. The minimum Gasteiger partial charge on any atom is -0.395 e. The maximum absolute atomic E-state index is 13.0. The van der Waals surface area contributed by atoms with Crippen LogP contribution in [-0.2, 0) is 16.0 Å². The number of aliphatic hydroxyl groups is 1. The zero-order valence-corrected chi connectivity index (χ0v) is 16.6. The molecule has 1 N–H and O–H groups in total. The summed E-state index contributed by atoms with van der Waals surface area (Å²) in [4.78, 5) is 29.1. The van der Waals surface area contributed by atoms with Gasteiger partial charge in [-0.25, -0.2) is 0 Å². The molecule has 3 rings (SSSR count). The number of rotatable bonds is 7. The smallest absolute Gasteiger partial charge is 0.239 e. The second-order valence-electron chi connectivity index (χ2n) is 6.60. The number of aliphatic hydroxyl groups excluding tert-OH is 1. The molecule has 2 aromatic rings. The monoisotopic (exact) mass is 430 g/mol. The molecule has 1 fully saturated rings. The van der Waals surface area contributed by atoms with E-state index in [4.69, 9.17) is 0 Å². The molecule has 5 nitrogen and oxygen atoms in total. The van der Waals surface area contributed by atoms with Gasteiger partial charge in [-0.05, 0) is 36.6 Å². The fourth-order valence-corrected chi connectivity index (χ4v) is 3.78. The molecule has 2 aromatic carbocycles. The minimum atomic E-state index is -0.675. The summed E-state index contributed by atoms with van der Waals surface area (Å²) >= 11 is 3.42. The van der Waals surface area contributed by atoms with Crippen molar-refractivity contribution in [3.63, 3.8) is 0 Å². The first-order valence-electron chi connectivity index (χ1n) is 9.10. The quantitative estimate of drug-likeness (QED) is 0.686. The summed E-state index contributed by atoms with van der Waals surface area (Å²) in [6, 6.07) is 17.4. The van der Waals surface area contributed by atoms with Gasteiger partial charge in [0.1, 0.15) is 5.92 Å². The first-order valence-corrected chi connectivity index (χ1v) is 9.90. The number of anilines is 1. The van der Waals surface area contributed by atoms with Crippen molar-refractivity contribution in [1.29, 1.82) is 0 Å². The molecule has 1 saturated heterocycles. The van der Waals surface area contributed by atoms with Crippen LogP contribution >= 0.6 is 15.9 Å². The standard InChI is InChI=1S/C21H23BrN2O3/c22-17-7-4-8-18(15-17)24-12-10-19(21(24)27)20(26)23(13-14-25)11-9-16-5-2-1-3-6-16/h1-8,15,19,25H,9-14H2. The summed E-state index contributed by atoms with van der Waals surface area (Å²) in [6.07, 6.45) is 1.19. The molecule has 1 heterocycles.